The summed E-state index contributed by atoms with van der Waals surface area (Å²) in [6.07, 6.45) is 3.03. The van der Waals surface area contributed by atoms with Gasteiger partial charge in [0.1, 0.15) is 17.9 Å². The normalized spacial score (nSPS) is 12.9. The minimum absolute atomic E-state index is 0.235. The Morgan fingerprint density at radius 2 is 2.17 bits per heavy atom. The molecule has 1 unspecified atom stereocenters. The molecule has 1 atom stereocenters. The van der Waals surface area contributed by atoms with E-state index in [1.54, 1.807) is 11.8 Å². The van der Waals surface area contributed by atoms with E-state index in [1.807, 2.05) is 4.68 Å². The molecule has 0 aliphatic heterocycles. The molecule has 0 radical (unpaired) electrons. The van der Waals surface area contributed by atoms with Crippen LogP contribution in [-0.2, 0) is 17.8 Å². The number of Topliss-reactive ketones (excluding diaryl/α,β-unsaturated/α-hetero) is 1. The number of nitrogens with zero attached hydrogens (tertiary/aromatic N) is 3. The second-order valence-corrected chi connectivity index (χ2v) is 6.42. The highest BCUT2D eigenvalue weighted by atomic mass is 32.2. The first-order valence-electron chi connectivity index (χ1n) is 6.52. The number of hydrogen-bond donors (Lipinski definition) is 0. The summed E-state index contributed by atoms with van der Waals surface area (Å²) in [5, 5.41) is 4.71. The minimum Gasteiger partial charge on any atom is -0.298 e. The molecule has 1 rings (SSSR count). The maximum absolute atomic E-state index is 11.9. The first kappa shape index (κ1) is 15.2. The Morgan fingerprint density at radius 3 is 2.78 bits per heavy atom. The molecule has 0 saturated carbocycles. The predicted octanol–water partition coefficient (Wildman–Crippen LogP) is 2.58. The van der Waals surface area contributed by atoms with Crippen molar-refractivity contribution in [2.45, 2.75) is 52.3 Å². The van der Waals surface area contributed by atoms with Crippen molar-refractivity contribution in [2.75, 3.05) is 5.75 Å². The van der Waals surface area contributed by atoms with Crippen LogP contribution in [0.5, 0.6) is 0 Å². The van der Waals surface area contributed by atoms with E-state index in [-0.39, 0.29) is 5.78 Å². The van der Waals surface area contributed by atoms with Crippen molar-refractivity contribution in [2.24, 2.45) is 5.92 Å². The molecule has 0 aliphatic rings. The van der Waals surface area contributed by atoms with Gasteiger partial charge in [0, 0.05) is 11.8 Å². The van der Waals surface area contributed by atoms with E-state index in [0.29, 0.717) is 23.3 Å². The number of carbonyl (C=O) groups excluding carboxylic acids is 1. The van der Waals surface area contributed by atoms with Crippen molar-refractivity contribution in [1.82, 2.24) is 14.8 Å². The van der Waals surface area contributed by atoms with E-state index in [1.165, 1.54) is 6.33 Å². The van der Waals surface area contributed by atoms with Crippen LogP contribution in [0.25, 0.3) is 0 Å². The van der Waals surface area contributed by atoms with E-state index in [4.69, 9.17) is 0 Å². The molecule has 102 valence electrons. The lowest BCUT2D eigenvalue weighted by Crippen LogP contribution is -2.16. The summed E-state index contributed by atoms with van der Waals surface area (Å²) < 4.78 is 1.84. The highest BCUT2D eigenvalue weighted by molar-refractivity contribution is 8.00. The zero-order valence-electron chi connectivity index (χ0n) is 11.7. The van der Waals surface area contributed by atoms with Gasteiger partial charge in [-0.15, -0.1) is 0 Å². The summed E-state index contributed by atoms with van der Waals surface area (Å²) in [7, 11) is 0. The highest BCUT2D eigenvalue weighted by Gasteiger charge is 2.12. The lowest BCUT2D eigenvalue weighted by Gasteiger charge is -2.09. The molecule has 0 aromatic carbocycles. The molecule has 1 heterocycles. The Bertz CT molecular complexity index is 376. The van der Waals surface area contributed by atoms with Gasteiger partial charge in [0.05, 0.1) is 12.2 Å². The Morgan fingerprint density at radius 1 is 1.44 bits per heavy atom. The SMILES string of the molecule is CCC(C)SCC(=O)Cc1ncnn1CC(C)C. The maximum atomic E-state index is 11.9. The molecule has 4 nitrogen and oxygen atoms in total. The average Bonchev–Trinajstić information content (AvgIpc) is 2.72. The van der Waals surface area contributed by atoms with Crippen LogP contribution in [0.15, 0.2) is 6.33 Å². The molecule has 0 bridgehead atoms. The minimum atomic E-state index is 0.235. The Kier molecular flexibility index (Phi) is 6.39. The van der Waals surface area contributed by atoms with Crippen molar-refractivity contribution in [1.29, 1.82) is 0 Å². The number of ketones is 1. The smallest absolute Gasteiger partial charge is 0.150 e. The van der Waals surface area contributed by atoms with Crippen LogP contribution in [0.2, 0.25) is 0 Å². The van der Waals surface area contributed by atoms with Gasteiger partial charge >= 0.3 is 0 Å². The number of hydrogen-bond acceptors (Lipinski definition) is 4. The first-order valence-corrected chi connectivity index (χ1v) is 7.57. The van der Waals surface area contributed by atoms with Gasteiger partial charge in [-0.1, -0.05) is 27.7 Å². The Balaban J connectivity index is 2.46. The third kappa shape index (κ3) is 5.21. The Hall–Kier alpha value is -0.840. The highest BCUT2D eigenvalue weighted by Crippen LogP contribution is 2.14. The average molecular weight is 269 g/mol. The third-order valence-corrected chi connectivity index (χ3v) is 4.08. The number of carbonyl (C=O) groups is 1. The van der Waals surface area contributed by atoms with Crippen molar-refractivity contribution in [3.8, 4) is 0 Å². The number of aromatic nitrogens is 3. The number of rotatable bonds is 8. The van der Waals surface area contributed by atoms with E-state index >= 15 is 0 Å². The van der Waals surface area contributed by atoms with Crippen LogP contribution in [-0.4, -0.2) is 31.6 Å². The fourth-order valence-electron chi connectivity index (χ4n) is 1.50. The van der Waals surface area contributed by atoms with E-state index in [2.05, 4.69) is 37.8 Å². The summed E-state index contributed by atoms with van der Waals surface area (Å²) >= 11 is 1.72. The third-order valence-electron chi connectivity index (χ3n) is 2.69. The van der Waals surface area contributed by atoms with Gasteiger partial charge in [-0.2, -0.15) is 16.9 Å². The quantitative estimate of drug-likeness (QED) is 0.728. The summed E-state index contributed by atoms with van der Waals surface area (Å²) in [5.74, 6) is 2.11. The van der Waals surface area contributed by atoms with Crippen molar-refractivity contribution >= 4 is 17.5 Å². The van der Waals surface area contributed by atoms with Crippen LogP contribution in [0.1, 0.15) is 39.9 Å². The second-order valence-electron chi connectivity index (χ2n) is 5.00. The second kappa shape index (κ2) is 7.56. The molecule has 1 aromatic rings. The van der Waals surface area contributed by atoms with Gasteiger partial charge in [-0.25, -0.2) is 9.67 Å². The molecule has 0 spiro atoms. The molecule has 0 N–H and O–H groups in total. The number of thioether (sulfide) groups is 1. The summed E-state index contributed by atoms with van der Waals surface area (Å²) in [6.45, 7) is 9.37. The predicted molar refractivity (Wildman–Crippen MR) is 75.8 cm³/mol. The van der Waals surface area contributed by atoms with E-state index in [9.17, 15) is 4.79 Å². The van der Waals surface area contributed by atoms with Gasteiger partial charge < -0.3 is 0 Å². The van der Waals surface area contributed by atoms with Crippen molar-refractivity contribution in [3.63, 3.8) is 0 Å². The van der Waals surface area contributed by atoms with E-state index < -0.39 is 0 Å². The zero-order chi connectivity index (χ0) is 13.5. The van der Waals surface area contributed by atoms with Crippen LogP contribution in [0.3, 0.4) is 0 Å². The molecule has 5 heteroatoms. The monoisotopic (exact) mass is 269 g/mol. The zero-order valence-corrected chi connectivity index (χ0v) is 12.5. The van der Waals surface area contributed by atoms with Crippen LogP contribution in [0, 0.1) is 5.92 Å². The fraction of sp³-hybridized carbons (Fsp3) is 0.769. The lowest BCUT2D eigenvalue weighted by molar-refractivity contribution is -0.116. The molecule has 0 aliphatic carbocycles. The molecule has 0 fully saturated rings. The molecular formula is C13H23N3OS. The first-order chi connectivity index (χ1) is 8.52. The lowest BCUT2D eigenvalue weighted by atomic mass is 10.2. The molecule has 0 saturated heterocycles. The summed E-state index contributed by atoms with van der Waals surface area (Å²) in [6, 6.07) is 0. The fourth-order valence-corrected chi connectivity index (χ4v) is 2.31. The van der Waals surface area contributed by atoms with Crippen molar-refractivity contribution in [3.05, 3.63) is 12.2 Å². The standard InChI is InChI=1S/C13H23N3OS/c1-5-11(4)18-8-12(17)6-13-14-9-15-16(13)7-10(2)3/h9-11H,5-8H2,1-4H3. The van der Waals surface area contributed by atoms with Crippen LogP contribution >= 0.6 is 11.8 Å². The van der Waals surface area contributed by atoms with Crippen LogP contribution in [0.4, 0.5) is 0 Å². The van der Waals surface area contributed by atoms with Gasteiger partial charge in [0.25, 0.3) is 0 Å². The molecule has 0 amide bonds. The maximum Gasteiger partial charge on any atom is 0.150 e. The van der Waals surface area contributed by atoms with Crippen molar-refractivity contribution < 1.29 is 4.79 Å². The molecular weight excluding hydrogens is 246 g/mol. The van der Waals surface area contributed by atoms with Gasteiger partial charge in [-0.3, -0.25) is 4.79 Å². The largest absolute Gasteiger partial charge is 0.298 e. The summed E-state index contributed by atoms with van der Waals surface area (Å²) in [5.41, 5.74) is 0. The van der Waals surface area contributed by atoms with Gasteiger partial charge in [-0.05, 0) is 12.3 Å². The van der Waals surface area contributed by atoms with Crippen LogP contribution < -0.4 is 0 Å². The topological polar surface area (TPSA) is 47.8 Å². The Labute approximate surface area is 114 Å². The summed E-state index contributed by atoms with van der Waals surface area (Å²) in [4.78, 5) is 16.0. The van der Waals surface area contributed by atoms with Gasteiger partial charge in [0.15, 0.2) is 0 Å². The van der Waals surface area contributed by atoms with E-state index in [0.717, 1.165) is 18.8 Å². The van der Waals surface area contributed by atoms with Gasteiger partial charge in [0.2, 0.25) is 0 Å². The molecule has 1 aromatic heterocycles. The molecule has 18 heavy (non-hydrogen) atoms.